The second-order valence-corrected chi connectivity index (χ2v) is 7.50. The van der Waals surface area contributed by atoms with Gasteiger partial charge in [-0.15, -0.1) is 0 Å². The number of anilines is 1. The Morgan fingerprint density at radius 1 is 1.18 bits per heavy atom. The van der Waals surface area contributed by atoms with Crippen LogP contribution in [0.15, 0.2) is 36.5 Å². The quantitative estimate of drug-likeness (QED) is 0.874. The summed E-state index contributed by atoms with van der Waals surface area (Å²) in [7, 11) is 0. The molecule has 8 heteroatoms. The number of hydrogen-bond acceptors (Lipinski definition) is 3. The van der Waals surface area contributed by atoms with Crippen molar-refractivity contribution in [1.82, 2.24) is 14.7 Å². The number of aromatic nitrogens is 2. The van der Waals surface area contributed by atoms with Crippen LogP contribution in [0.25, 0.3) is 0 Å². The molecule has 1 aliphatic heterocycles. The van der Waals surface area contributed by atoms with Crippen molar-refractivity contribution in [3.63, 3.8) is 0 Å². The lowest BCUT2D eigenvalue weighted by Gasteiger charge is -2.32. The molecule has 2 heterocycles. The summed E-state index contributed by atoms with van der Waals surface area (Å²) in [5.41, 5.74) is 1.48. The molecule has 148 valence electrons. The van der Waals surface area contributed by atoms with Crippen LogP contribution < -0.4 is 5.32 Å². The van der Waals surface area contributed by atoms with Gasteiger partial charge in [0.25, 0.3) is 11.8 Å². The number of benzene rings is 1. The first kappa shape index (κ1) is 18.6. The highest BCUT2D eigenvalue weighted by Gasteiger charge is 2.62. The number of piperidine rings is 1. The standard InChI is InChI=1S/C20H22F2N4O2/c1-13-4-2-3-5-15(13)18(27)24-17-6-9-23-26(17)14-7-10-25(11-8-14)19(28)16-12-20(16,21)22/h2-6,9,14,16H,7-8,10-12H2,1H3,(H,24,27)/t16-/m1/s1. The van der Waals surface area contributed by atoms with E-state index in [9.17, 15) is 18.4 Å². The van der Waals surface area contributed by atoms with Crippen LogP contribution in [0.4, 0.5) is 14.6 Å². The summed E-state index contributed by atoms with van der Waals surface area (Å²) in [6, 6.07) is 9.08. The maximum atomic E-state index is 13.1. The largest absolute Gasteiger partial charge is 0.342 e. The highest BCUT2D eigenvalue weighted by atomic mass is 19.3. The number of hydrogen-bond donors (Lipinski definition) is 1. The van der Waals surface area contributed by atoms with Gasteiger partial charge in [0.05, 0.1) is 12.2 Å². The van der Waals surface area contributed by atoms with Crippen molar-refractivity contribution < 1.29 is 18.4 Å². The van der Waals surface area contributed by atoms with Crippen molar-refractivity contribution in [2.75, 3.05) is 18.4 Å². The first-order valence-electron chi connectivity index (χ1n) is 9.44. The molecular formula is C20H22F2N4O2. The molecule has 1 aromatic heterocycles. The smallest absolute Gasteiger partial charge is 0.260 e. The normalized spacial score (nSPS) is 21.4. The average molecular weight is 388 g/mol. The molecular weight excluding hydrogens is 366 g/mol. The first-order chi connectivity index (χ1) is 13.4. The van der Waals surface area contributed by atoms with E-state index < -0.39 is 17.7 Å². The predicted molar refractivity (Wildman–Crippen MR) is 99.3 cm³/mol. The van der Waals surface area contributed by atoms with Crippen LogP contribution in [-0.2, 0) is 4.79 Å². The molecule has 0 bridgehead atoms. The van der Waals surface area contributed by atoms with Crippen LogP contribution in [0.1, 0.15) is 41.2 Å². The van der Waals surface area contributed by atoms with E-state index in [1.807, 2.05) is 25.1 Å². The highest BCUT2D eigenvalue weighted by molar-refractivity contribution is 6.04. The summed E-state index contributed by atoms with van der Waals surface area (Å²) in [5, 5.41) is 7.23. The van der Waals surface area contributed by atoms with Gasteiger partial charge in [0.2, 0.25) is 5.91 Å². The van der Waals surface area contributed by atoms with Gasteiger partial charge in [-0.25, -0.2) is 13.5 Å². The fourth-order valence-corrected chi connectivity index (χ4v) is 3.75. The summed E-state index contributed by atoms with van der Waals surface area (Å²) < 4.78 is 28.0. The molecule has 2 fully saturated rings. The van der Waals surface area contributed by atoms with E-state index in [1.54, 1.807) is 23.0 Å². The molecule has 2 aliphatic rings. The number of amides is 2. The maximum Gasteiger partial charge on any atom is 0.260 e. The van der Waals surface area contributed by atoms with Crippen LogP contribution >= 0.6 is 0 Å². The van der Waals surface area contributed by atoms with E-state index in [-0.39, 0.29) is 18.4 Å². The van der Waals surface area contributed by atoms with Crippen LogP contribution in [0, 0.1) is 12.8 Å². The summed E-state index contributed by atoms with van der Waals surface area (Å²) >= 11 is 0. The van der Waals surface area contributed by atoms with E-state index >= 15 is 0 Å². The van der Waals surface area contributed by atoms with Crippen molar-refractivity contribution in [3.05, 3.63) is 47.7 Å². The highest BCUT2D eigenvalue weighted by Crippen LogP contribution is 2.49. The van der Waals surface area contributed by atoms with Crippen molar-refractivity contribution in [3.8, 4) is 0 Å². The van der Waals surface area contributed by atoms with Crippen molar-refractivity contribution >= 4 is 17.6 Å². The molecule has 1 aromatic carbocycles. The number of likely N-dealkylation sites (tertiary alicyclic amines) is 1. The minimum Gasteiger partial charge on any atom is -0.342 e. The zero-order valence-corrected chi connectivity index (χ0v) is 15.6. The molecule has 1 saturated carbocycles. The predicted octanol–water partition coefficient (Wildman–Crippen LogP) is 3.26. The Labute approximate surface area is 161 Å². The Kier molecular flexibility index (Phi) is 4.64. The lowest BCUT2D eigenvalue weighted by Crippen LogP contribution is -2.41. The molecule has 2 amide bonds. The second-order valence-electron chi connectivity index (χ2n) is 7.50. The van der Waals surface area contributed by atoms with Crippen molar-refractivity contribution in [1.29, 1.82) is 0 Å². The Bertz CT molecular complexity index is 903. The Hall–Kier alpha value is -2.77. The molecule has 4 rings (SSSR count). The number of carbonyl (C=O) groups is 2. The van der Waals surface area contributed by atoms with Crippen LogP contribution in [0.3, 0.4) is 0 Å². The van der Waals surface area contributed by atoms with Crippen molar-refractivity contribution in [2.45, 2.75) is 38.2 Å². The summed E-state index contributed by atoms with van der Waals surface area (Å²) in [6.45, 7) is 2.71. The van der Waals surface area contributed by atoms with Gasteiger partial charge in [-0.1, -0.05) is 18.2 Å². The Morgan fingerprint density at radius 3 is 2.50 bits per heavy atom. The van der Waals surface area contributed by atoms with Gasteiger partial charge in [-0.3, -0.25) is 9.59 Å². The molecule has 2 aromatic rings. The van der Waals surface area contributed by atoms with Gasteiger partial charge in [0.1, 0.15) is 11.7 Å². The zero-order chi connectivity index (χ0) is 19.9. The average Bonchev–Trinajstić information content (AvgIpc) is 3.09. The van der Waals surface area contributed by atoms with Gasteiger partial charge in [-0.05, 0) is 31.4 Å². The molecule has 0 unspecified atom stereocenters. The third-order valence-electron chi connectivity index (χ3n) is 5.55. The summed E-state index contributed by atoms with van der Waals surface area (Å²) in [5.74, 6) is -4.03. The fraction of sp³-hybridized carbons (Fsp3) is 0.450. The number of aryl methyl sites for hydroxylation is 1. The number of rotatable bonds is 4. The number of halogens is 2. The van der Waals surface area contributed by atoms with Crippen molar-refractivity contribution in [2.24, 2.45) is 5.92 Å². The Balaban J connectivity index is 1.39. The molecule has 0 radical (unpaired) electrons. The lowest BCUT2D eigenvalue weighted by atomic mass is 10.0. The van der Waals surface area contributed by atoms with E-state index in [1.165, 1.54) is 4.90 Å². The van der Waals surface area contributed by atoms with E-state index in [0.717, 1.165) is 5.56 Å². The van der Waals surface area contributed by atoms with Gasteiger partial charge >= 0.3 is 0 Å². The zero-order valence-electron chi connectivity index (χ0n) is 15.6. The molecule has 1 N–H and O–H groups in total. The van der Waals surface area contributed by atoms with Crippen LogP contribution in [0.2, 0.25) is 0 Å². The molecule has 1 aliphatic carbocycles. The molecule has 1 saturated heterocycles. The topological polar surface area (TPSA) is 67.2 Å². The molecule has 6 nitrogen and oxygen atoms in total. The third-order valence-corrected chi connectivity index (χ3v) is 5.55. The van der Waals surface area contributed by atoms with Gasteiger partial charge in [-0.2, -0.15) is 5.10 Å². The third kappa shape index (κ3) is 3.50. The fourth-order valence-electron chi connectivity index (χ4n) is 3.75. The monoisotopic (exact) mass is 388 g/mol. The van der Waals surface area contributed by atoms with E-state index in [4.69, 9.17) is 0 Å². The summed E-state index contributed by atoms with van der Waals surface area (Å²) in [4.78, 5) is 26.2. The number of nitrogens with zero attached hydrogens (tertiary/aromatic N) is 3. The number of carbonyl (C=O) groups excluding carboxylic acids is 2. The minimum atomic E-state index is -2.83. The molecule has 1 atom stereocenters. The van der Waals surface area contributed by atoms with Crippen LogP contribution in [-0.4, -0.2) is 45.5 Å². The minimum absolute atomic E-state index is 0.00549. The molecule has 0 spiro atoms. The summed E-state index contributed by atoms with van der Waals surface area (Å²) in [6.07, 6.45) is 2.51. The first-order valence-corrected chi connectivity index (χ1v) is 9.44. The van der Waals surface area contributed by atoms with Gasteiger partial charge in [0, 0.05) is 31.1 Å². The lowest BCUT2D eigenvalue weighted by molar-refractivity contribution is -0.136. The van der Waals surface area contributed by atoms with Crippen LogP contribution in [0.5, 0.6) is 0 Å². The SMILES string of the molecule is Cc1ccccc1C(=O)Nc1ccnn1C1CCN(C(=O)[C@H]2CC2(F)F)CC1. The number of alkyl halides is 2. The molecule has 28 heavy (non-hydrogen) atoms. The second kappa shape index (κ2) is 7.00. The maximum absolute atomic E-state index is 13.1. The Morgan fingerprint density at radius 2 is 1.86 bits per heavy atom. The van der Waals surface area contributed by atoms with Gasteiger partial charge in [0.15, 0.2) is 0 Å². The van der Waals surface area contributed by atoms with E-state index in [2.05, 4.69) is 10.4 Å². The number of nitrogens with one attached hydrogen (secondary N) is 1. The van der Waals surface area contributed by atoms with Gasteiger partial charge < -0.3 is 10.2 Å². The van der Waals surface area contributed by atoms with E-state index in [0.29, 0.717) is 37.3 Å².